The molecule has 0 spiro atoms. The first-order chi connectivity index (χ1) is 10.7. The van der Waals surface area contributed by atoms with Gasteiger partial charge < -0.3 is 19.5 Å². The summed E-state index contributed by atoms with van der Waals surface area (Å²) in [6.07, 6.45) is 2.96. The van der Waals surface area contributed by atoms with Gasteiger partial charge in [0.25, 0.3) is 5.91 Å². The molecule has 22 heavy (non-hydrogen) atoms. The fourth-order valence-corrected chi connectivity index (χ4v) is 1.73. The first kappa shape index (κ1) is 15.6. The van der Waals surface area contributed by atoms with Crippen LogP contribution >= 0.6 is 0 Å². The molecule has 1 aromatic carbocycles. The number of hydrogen-bond acceptors (Lipinski definition) is 6. The molecule has 0 aliphatic rings. The minimum atomic E-state index is -0.315. The second kappa shape index (κ2) is 7.26. The molecular weight excluding hydrogens is 286 g/mol. The smallest absolute Gasteiger partial charge is 0.316 e. The maximum Gasteiger partial charge on any atom is 0.316 e. The van der Waals surface area contributed by atoms with Crippen LogP contribution in [0.2, 0.25) is 0 Å². The lowest BCUT2D eigenvalue weighted by atomic mass is 10.2. The number of carbonyl (C=O) groups is 1. The standard InChI is InChI=1S/C15H17N3O4/c1-4-22-15-16-8-11(9-17-15)18-14(19)10-5-12(20-2)7-13(6-10)21-3/h5-9H,4H2,1-3H3,(H,18,19). The summed E-state index contributed by atoms with van der Waals surface area (Å²) in [5.41, 5.74) is 0.875. The van der Waals surface area contributed by atoms with Crippen molar-refractivity contribution in [2.24, 2.45) is 0 Å². The second-order valence-electron chi connectivity index (χ2n) is 4.24. The average molecular weight is 303 g/mol. The van der Waals surface area contributed by atoms with Crippen LogP contribution in [0.3, 0.4) is 0 Å². The summed E-state index contributed by atoms with van der Waals surface area (Å²) in [5.74, 6) is 0.754. The van der Waals surface area contributed by atoms with Crippen molar-refractivity contribution in [1.29, 1.82) is 0 Å². The summed E-state index contributed by atoms with van der Waals surface area (Å²) in [6.45, 7) is 2.32. The van der Waals surface area contributed by atoms with E-state index in [4.69, 9.17) is 14.2 Å². The van der Waals surface area contributed by atoms with Gasteiger partial charge in [0, 0.05) is 11.6 Å². The van der Waals surface area contributed by atoms with Crippen molar-refractivity contribution in [1.82, 2.24) is 9.97 Å². The van der Waals surface area contributed by atoms with Crippen LogP contribution in [0, 0.1) is 0 Å². The van der Waals surface area contributed by atoms with Crippen LogP contribution in [0.4, 0.5) is 5.69 Å². The lowest BCUT2D eigenvalue weighted by Gasteiger charge is -2.09. The summed E-state index contributed by atoms with van der Waals surface area (Å²) >= 11 is 0. The van der Waals surface area contributed by atoms with Crippen LogP contribution < -0.4 is 19.5 Å². The summed E-state index contributed by atoms with van der Waals surface area (Å²) in [4.78, 5) is 20.2. The lowest BCUT2D eigenvalue weighted by molar-refractivity contribution is 0.102. The number of methoxy groups -OCH3 is 2. The molecule has 1 amide bonds. The minimum Gasteiger partial charge on any atom is -0.497 e. The normalized spacial score (nSPS) is 9.95. The van der Waals surface area contributed by atoms with Crippen molar-refractivity contribution in [2.75, 3.05) is 26.1 Å². The zero-order valence-corrected chi connectivity index (χ0v) is 12.6. The molecule has 0 aliphatic carbocycles. The number of aromatic nitrogens is 2. The summed E-state index contributed by atoms with van der Waals surface area (Å²) in [6, 6.07) is 5.20. The average Bonchev–Trinajstić information content (AvgIpc) is 2.56. The predicted molar refractivity (Wildman–Crippen MR) is 80.7 cm³/mol. The fourth-order valence-electron chi connectivity index (χ4n) is 1.73. The van der Waals surface area contributed by atoms with Crippen LogP contribution in [0.5, 0.6) is 17.5 Å². The van der Waals surface area contributed by atoms with Crippen molar-refractivity contribution >= 4 is 11.6 Å². The van der Waals surface area contributed by atoms with Crippen molar-refractivity contribution < 1.29 is 19.0 Å². The number of rotatable bonds is 6. The maximum atomic E-state index is 12.3. The molecule has 116 valence electrons. The third kappa shape index (κ3) is 3.85. The highest BCUT2D eigenvalue weighted by Gasteiger charge is 2.11. The fraction of sp³-hybridized carbons (Fsp3) is 0.267. The van der Waals surface area contributed by atoms with Gasteiger partial charge >= 0.3 is 6.01 Å². The van der Waals surface area contributed by atoms with E-state index in [9.17, 15) is 4.79 Å². The van der Waals surface area contributed by atoms with Gasteiger partial charge in [-0.1, -0.05) is 0 Å². The number of anilines is 1. The van der Waals surface area contributed by atoms with Gasteiger partial charge in [0.05, 0.1) is 38.9 Å². The Labute approximate surface area is 128 Å². The molecule has 1 heterocycles. The number of hydrogen-bond donors (Lipinski definition) is 1. The molecule has 0 saturated carbocycles. The van der Waals surface area contributed by atoms with Gasteiger partial charge in [0.2, 0.25) is 0 Å². The van der Waals surface area contributed by atoms with Gasteiger partial charge in [-0.25, -0.2) is 9.97 Å². The molecule has 7 heteroatoms. The molecule has 0 atom stereocenters. The molecule has 2 aromatic rings. The van der Waals surface area contributed by atoms with E-state index in [0.29, 0.717) is 29.4 Å². The van der Waals surface area contributed by atoms with E-state index in [2.05, 4.69) is 15.3 Å². The van der Waals surface area contributed by atoms with E-state index in [0.717, 1.165) is 0 Å². The van der Waals surface area contributed by atoms with E-state index in [1.54, 1.807) is 18.2 Å². The van der Waals surface area contributed by atoms with E-state index in [-0.39, 0.29) is 11.9 Å². The molecule has 0 unspecified atom stereocenters. The van der Waals surface area contributed by atoms with E-state index in [1.807, 2.05) is 6.92 Å². The molecule has 0 radical (unpaired) electrons. The zero-order chi connectivity index (χ0) is 15.9. The maximum absolute atomic E-state index is 12.3. The third-order valence-corrected chi connectivity index (χ3v) is 2.77. The van der Waals surface area contributed by atoms with Crippen molar-refractivity contribution in [2.45, 2.75) is 6.92 Å². The second-order valence-corrected chi connectivity index (χ2v) is 4.24. The number of amides is 1. The van der Waals surface area contributed by atoms with Crippen molar-refractivity contribution in [3.05, 3.63) is 36.2 Å². The Hall–Kier alpha value is -2.83. The van der Waals surface area contributed by atoms with Gasteiger partial charge in [-0.3, -0.25) is 4.79 Å². The highest BCUT2D eigenvalue weighted by Crippen LogP contribution is 2.23. The van der Waals surface area contributed by atoms with Crippen LogP contribution in [-0.2, 0) is 0 Å². The molecule has 2 rings (SSSR count). The van der Waals surface area contributed by atoms with Crippen molar-refractivity contribution in [3.63, 3.8) is 0 Å². The first-order valence-corrected chi connectivity index (χ1v) is 6.65. The quantitative estimate of drug-likeness (QED) is 0.880. The number of nitrogens with one attached hydrogen (secondary N) is 1. The molecule has 1 N–H and O–H groups in total. The Bertz CT molecular complexity index is 621. The highest BCUT2D eigenvalue weighted by molar-refractivity contribution is 6.04. The Morgan fingerprint density at radius 2 is 1.68 bits per heavy atom. The topological polar surface area (TPSA) is 82.6 Å². The highest BCUT2D eigenvalue weighted by atomic mass is 16.5. The number of nitrogens with zero attached hydrogens (tertiary/aromatic N) is 2. The van der Waals surface area contributed by atoms with Crippen molar-refractivity contribution in [3.8, 4) is 17.5 Å². The first-order valence-electron chi connectivity index (χ1n) is 6.65. The van der Waals surface area contributed by atoms with Crippen LogP contribution in [0.25, 0.3) is 0 Å². The monoisotopic (exact) mass is 303 g/mol. The molecule has 0 fully saturated rings. The molecule has 0 saturated heterocycles. The lowest BCUT2D eigenvalue weighted by Crippen LogP contribution is -2.13. The zero-order valence-electron chi connectivity index (χ0n) is 12.6. The van der Waals surface area contributed by atoms with Gasteiger partial charge in [0.15, 0.2) is 0 Å². The van der Waals surface area contributed by atoms with Gasteiger partial charge in [0.1, 0.15) is 11.5 Å². The summed E-state index contributed by atoms with van der Waals surface area (Å²) < 4.78 is 15.4. The van der Waals surface area contributed by atoms with Gasteiger partial charge in [-0.05, 0) is 19.1 Å². The summed E-state index contributed by atoms with van der Waals surface area (Å²) in [5, 5.41) is 2.70. The molecule has 0 aliphatic heterocycles. The molecule has 0 bridgehead atoms. The Morgan fingerprint density at radius 1 is 1.09 bits per heavy atom. The minimum absolute atomic E-state index is 0.267. The SMILES string of the molecule is CCOc1ncc(NC(=O)c2cc(OC)cc(OC)c2)cn1. The summed E-state index contributed by atoms with van der Waals surface area (Å²) in [7, 11) is 3.05. The Kier molecular flexibility index (Phi) is 5.13. The number of ether oxygens (including phenoxy) is 3. The number of carbonyl (C=O) groups excluding carboxylic acids is 1. The van der Waals surface area contributed by atoms with Crippen LogP contribution in [0.15, 0.2) is 30.6 Å². The Morgan fingerprint density at radius 3 is 2.18 bits per heavy atom. The Balaban J connectivity index is 2.14. The van der Waals surface area contributed by atoms with E-state index in [1.165, 1.54) is 26.6 Å². The predicted octanol–water partition coefficient (Wildman–Crippen LogP) is 2.14. The molecule has 7 nitrogen and oxygen atoms in total. The molecule has 1 aromatic heterocycles. The largest absolute Gasteiger partial charge is 0.497 e. The van der Waals surface area contributed by atoms with Gasteiger partial charge in [-0.2, -0.15) is 0 Å². The van der Waals surface area contributed by atoms with E-state index < -0.39 is 0 Å². The van der Waals surface area contributed by atoms with Crippen LogP contribution in [-0.4, -0.2) is 36.7 Å². The number of benzene rings is 1. The van der Waals surface area contributed by atoms with Crippen LogP contribution in [0.1, 0.15) is 17.3 Å². The third-order valence-electron chi connectivity index (χ3n) is 2.77. The van der Waals surface area contributed by atoms with Gasteiger partial charge in [-0.15, -0.1) is 0 Å². The molecular formula is C15H17N3O4. The van der Waals surface area contributed by atoms with E-state index >= 15 is 0 Å².